The second-order valence-electron chi connectivity index (χ2n) is 9.23. The Morgan fingerprint density at radius 2 is 1.85 bits per heavy atom. The molecule has 2 aromatic rings. The molecule has 11 heteroatoms. The van der Waals surface area contributed by atoms with Gasteiger partial charge >= 0.3 is 12.2 Å². The van der Waals surface area contributed by atoms with E-state index in [1.165, 1.54) is 7.05 Å². The lowest BCUT2D eigenvalue weighted by Gasteiger charge is -2.30. The van der Waals surface area contributed by atoms with Gasteiger partial charge < -0.3 is 15.5 Å². The summed E-state index contributed by atoms with van der Waals surface area (Å²) in [5.41, 5.74) is -0.643. The molecule has 1 aromatic carbocycles. The minimum Gasteiger partial charge on any atom is -0.357 e. The zero-order valence-corrected chi connectivity index (χ0v) is 19.1. The maximum Gasteiger partial charge on any atom is 0.416 e. The molecule has 1 atom stereocenters. The molecule has 2 heterocycles. The van der Waals surface area contributed by atoms with Gasteiger partial charge in [0, 0.05) is 37.7 Å². The summed E-state index contributed by atoms with van der Waals surface area (Å²) in [6.45, 7) is 6.34. The van der Waals surface area contributed by atoms with E-state index in [-0.39, 0.29) is 17.2 Å². The van der Waals surface area contributed by atoms with Gasteiger partial charge in [-0.2, -0.15) is 23.0 Å². The molecule has 1 aliphatic heterocycles. The number of benzene rings is 1. The number of carbonyl (C=O) groups excluding carboxylic acids is 2. The summed E-state index contributed by atoms with van der Waals surface area (Å²) in [7, 11) is 3.30. The molecule has 7 nitrogen and oxygen atoms in total. The molecule has 0 fully saturated rings. The Balaban J connectivity index is 2.07. The Hall–Kier alpha value is -2.95. The van der Waals surface area contributed by atoms with Crippen LogP contribution in [-0.2, 0) is 23.9 Å². The number of rotatable bonds is 3. The second-order valence-corrected chi connectivity index (χ2v) is 9.23. The number of nitrogens with one attached hydrogen (secondary N) is 2. The van der Waals surface area contributed by atoms with E-state index >= 15 is 0 Å². The minimum absolute atomic E-state index is 0.102. The van der Waals surface area contributed by atoms with Crippen molar-refractivity contribution in [2.24, 2.45) is 5.41 Å². The Morgan fingerprint density at radius 3 is 2.39 bits per heavy atom. The summed E-state index contributed by atoms with van der Waals surface area (Å²) in [4.78, 5) is 27.4. The van der Waals surface area contributed by atoms with Gasteiger partial charge in [0.2, 0.25) is 5.91 Å². The highest BCUT2D eigenvalue weighted by atomic mass is 19.4. The molecule has 0 saturated carbocycles. The highest BCUT2D eigenvalue weighted by Gasteiger charge is 2.35. The smallest absolute Gasteiger partial charge is 0.357 e. The van der Waals surface area contributed by atoms with E-state index < -0.39 is 35.0 Å². The number of fused-ring (bicyclic) bond motifs is 1. The Kier molecular flexibility index (Phi) is 6.56. The molecular weight excluding hydrogens is 442 g/mol. The van der Waals surface area contributed by atoms with Crippen LogP contribution in [0.2, 0.25) is 0 Å². The third-order valence-corrected chi connectivity index (χ3v) is 5.63. The first-order chi connectivity index (χ1) is 15.2. The van der Waals surface area contributed by atoms with Crippen LogP contribution in [0.3, 0.4) is 0 Å². The van der Waals surface area contributed by atoms with Crippen LogP contribution < -0.4 is 10.6 Å². The molecule has 33 heavy (non-hydrogen) atoms. The van der Waals surface area contributed by atoms with E-state index in [2.05, 4.69) is 15.7 Å². The van der Waals surface area contributed by atoms with Gasteiger partial charge in [0.1, 0.15) is 17.6 Å². The predicted octanol–water partition coefficient (Wildman–Crippen LogP) is 3.41. The first kappa shape index (κ1) is 24.7. The van der Waals surface area contributed by atoms with Crippen LogP contribution in [0.1, 0.15) is 37.6 Å². The maximum absolute atomic E-state index is 14.7. The van der Waals surface area contributed by atoms with E-state index in [1.54, 1.807) is 20.8 Å². The topological polar surface area (TPSA) is 79.3 Å². The van der Waals surface area contributed by atoms with Crippen molar-refractivity contribution in [3.05, 3.63) is 40.8 Å². The van der Waals surface area contributed by atoms with Gasteiger partial charge in [-0.05, 0) is 30.7 Å². The number of alkyl halides is 3. The van der Waals surface area contributed by atoms with Gasteiger partial charge in [-0.25, -0.2) is 9.18 Å². The fraction of sp³-hybridized carbons (Fsp3) is 0.500. The van der Waals surface area contributed by atoms with Crippen LogP contribution >= 0.6 is 0 Å². The van der Waals surface area contributed by atoms with Crippen molar-refractivity contribution in [3.8, 4) is 11.3 Å². The normalized spacial score (nSPS) is 15.7. The van der Waals surface area contributed by atoms with Gasteiger partial charge in [-0.1, -0.05) is 20.8 Å². The molecule has 1 aliphatic rings. The zero-order chi connectivity index (χ0) is 24.7. The van der Waals surface area contributed by atoms with Crippen molar-refractivity contribution < 1.29 is 27.2 Å². The van der Waals surface area contributed by atoms with Gasteiger partial charge in [0.15, 0.2) is 0 Å². The lowest BCUT2D eigenvalue weighted by molar-refractivity contribution is -0.137. The molecule has 3 rings (SSSR count). The Morgan fingerprint density at radius 1 is 1.18 bits per heavy atom. The molecule has 0 aliphatic carbocycles. The summed E-state index contributed by atoms with van der Waals surface area (Å²) >= 11 is 0. The van der Waals surface area contributed by atoms with Crippen molar-refractivity contribution >= 4 is 11.9 Å². The molecule has 180 valence electrons. The largest absolute Gasteiger partial charge is 0.416 e. The Labute approximate surface area is 189 Å². The number of hydrogen-bond acceptors (Lipinski definition) is 4. The summed E-state index contributed by atoms with van der Waals surface area (Å²) in [6.07, 6.45) is -4.26. The molecule has 0 radical (unpaired) electrons. The zero-order valence-electron chi connectivity index (χ0n) is 19.1. The number of hydrogen-bond donors (Lipinski definition) is 2. The van der Waals surface area contributed by atoms with E-state index in [0.717, 1.165) is 16.8 Å². The summed E-state index contributed by atoms with van der Waals surface area (Å²) < 4.78 is 54.7. The predicted molar refractivity (Wildman–Crippen MR) is 114 cm³/mol. The summed E-state index contributed by atoms with van der Waals surface area (Å²) in [5, 5.41) is 9.50. The van der Waals surface area contributed by atoms with Gasteiger partial charge in [-0.15, -0.1) is 0 Å². The van der Waals surface area contributed by atoms with Crippen LogP contribution in [0.25, 0.3) is 11.3 Å². The number of nitrogens with zero attached hydrogens (tertiary/aromatic N) is 3. The maximum atomic E-state index is 14.7. The third-order valence-electron chi connectivity index (χ3n) is 5.63. The average Bonchev–Trinajstić information content (AvgIpc) is 3.08. The molecular formula is C22H27F4N5O2. The Bertz CT molecular complexity index is 1070. The summed E-state index contributed by atoms with van der Waals surface area (Å²) in [5.74, 6) is -1.46. The van der Waals surface area contributed by atoms with E-state index in [1.807, 2.05) is 11.9 Å². The monoisotopic (exact) mass is 469 g/mol. The van der Waals surface area contributed by atoms with Gasteiger partial charge in [-0.3, -0.25) is 4.79 Å². The molecule has 2 amide bonds. The molecule has 2 N–H and O–H groups in total. The fourth-order valence-electron chi connectivity index (χ4n) is 3.83. The van der Waals surface area contributed by atoms with Crippen molar-refractivity contribution in [2.45, 2.75) is 46.0 Å². The van der Waals surface area contributed by atoms with E-state index in [4.69, 9.17) is 0 Å². The highest BCUT2D eigenvalue weighted by Crippen LogP contribution is 2.35. The highest BCUT2D eigenvalue weighted by molar-refractivity contribution is 5.88. The van der Waals surface area contributed by atoms with Crippen LogP contribution in [0.4, 0.5) is 22.4 Å². The molecule has 0 bridgehead atoms. The molecule has 0 saturated heterocycles. The standard InChI is InChI=1S/C22H27F4N5O2/c1-21(2,3)18(19(32)27-4)28-20(33)31-16-8-9-30(5)11-14(16)17(29-31)13-7-6-12(10-15(13)23)22(24,25)26/h6-7,10,18H,8-9,11H2,1-5H3,(H,27,32)(H,28,33)/t18-/m1/s1. The van der Waals surface area contributed by atoms with Crippen LogP contribution in [0, 0.1) is 11.2 Å². The SMILES string of the molecule is CNC(=O)[C@@H](NC(=O)n1nc(-c2ccc(C(F)(F)F)cc2F)c2c1CCN(C)C2)C(C)(C)C. The fourth-order valence-corrected chi connectivity index (χ4v) is 3.83. The number of amides is 2. The lowest BCUT2D eigenvalue weighted by Crippen LogP contribution is -2.54. The first-order valence-electron chi connectivity index (χ1n) is 10.4. The van der Waals surface area contributed by atoms with Crippen molar-refractivity contribution in [2.75, 3.05) is 20.6 Å². The van der Waals surface area contributed by atoms with Crippen LogP contribution in [0.5, 0.6) is 0 Å². The number of likely N-dealkylation sites (N-methyl/N-ethyl adjacent to an activating group) is 2. The van der Waals surface area contributed by atoms with E-state index in [9.17, 15) is 27.2 Å². The van der Waals surface area contributed by atoms with Crippen molar-refractivity contribution in [1.29, 1.82) is 0 Å². The van der Waals surface area contributed by atoms with Crippen LogP contribution in [-0.4, -0.2) is 53.3 Å². The third kappa shape index (κ3) is 5.02. The number of aromatic nitrogens is 2. The molecule has 0 unspecified atom stereocenters. The summed E-state index contributed by atoms with van der Waals surface area (Å²) in [6, 6.07) is 0.706. The number of halogens is 4. The molecule has 1 aromatic heterocycles. The second kappa shape index (κ2) is 8.77. The average molecular weight is 469 g/mol. The number of carbonyl (C=O) groups is 2. The van der Waals surface area contributed by atoms with E-state index in [0.29, 0.717) is 36.8 Å². The lowest BCUT2D eigenvalue weighted by atomic mass is 9.86. The first-order valence-corrected chi connectivity index (χ1v) is 10.4. The van der Waals surface area contributed by atoms with Gasteiger partial charge in [0.25, 0.3) is 0 Å². The van der Waals surface area contributed by atoms with Crippen molar-refractivity contribution in [1.82, 2.24) is 25.3 Å². The van der Waals surface area contributed by atoms with Crippen molar-refractivity contribution in [3.63, 3.8) is 0 Å². The quantitative estimate of drug-likeness (QED) is 0.676. The minimum atomic E-state index is -4.68. The molecule has 0 spiro atoms. The van der Waals surface area contributed by atoms with Crippen LogP contribution in [0.15, 0.2) is 18.2 Å². The van der Waals surface area contributed by atoms with Gasteiger partial charge in [0.05, 0.1) is 11.3 Å².